The topological polar surface area (TPSA) is 29.1 Å². The largest absolute Gasteiger partial charge is 0.352 e. The molecule has 0 bridgehead atoms. The van der Waals surface area contributed by atoms with E-state index >= 15 is 0 Å². The summed E-state index contributed by atoms with van der Waals surface area (Å²) in [4.78, 5) is 12.0. The molecule has 2 nitrogen and oxygen atoms in total. The van der Waals surface area contributed by atoms with Crippen molar-refractivity contribution in [3.63, 3.8) is 0 Å². The van der Waals surface area contributed by atoms with Crippen LogP contribution in [-0.4, -0.2) is 17.8 Å². The van der Waals surface area contributed by atoms with Crippen LogP contribution >= 0.6 is 31.9 Å². The zero-order valence-electron chi connectivity index (χ0n) is 10.5. The number of hydrogen-bond donors (Lipinski definition) is 1. The molecule has 1 aromatic rings. The number of rotatable bonds is 4. The Labute approximate surface area is 129 Å². The van der Waals surface area contributed by atoms with Crippen molar-refractivity contribution in [2.75, 3.05) is 11.9 Å². The number of carbonyl (C=O) groups excluding carboxylic acids is 1. The molecule has 0 heterocycles. The average molecular weight is 393 g/mol. The highest BCUT2D eigenvalue weighted by atomic mass is 79.9. The van der Waals surface area contributed by atoms with Crippen molar-refractivity contribution < 1.29 is 9.18 Å². The molecule has 0 saturated heterocycles. The molecule has 5 heteroatoms. The molecule has 1 aliphatic rings. The van der Waals surface area contributed by atoms with Gasteiger partial charge in [0.25, 0.3) is 5.91 Å². The minimum atomic E-state index is -0.490. The van der Waals surface area contributed by atoms with Gasteiger partial charge >= 0.3 is 0 Å². The highest BCUT2D eigenvalue weighted by molar-refractivity contribution is 9.10. The number of nitrogens with one attached hydrogen (secondary N) is 1. The first-order valence-electron chi connectivity index (χ1n) is 6.41. The van der Waals surface area contributed by atoms with E-state index in [4.69, 9.17) is 0 Å². The smallest absolute Gasteiger partial charge is 0.255 e. The Bertz CT molecular complexity index is 447. The summed E-state index contributed by atoms with van der Waals surface area (Å²) in [7, 11) is 0. The molecule has 1 aliphatic carbocycles. The number of alkyl halides is 1. The van der Waals surface area contributed by atoms with Gasteiger partial charge in [-0.1, -0.05) is 28.4 Å². The van der Waals surface area contributed by atoms with Crippen LogP contribution in [0.1, 0.15) is 29.6 Å². The Morgan fingerprint density at radius 1 is 1.37 bits per heavy atom. The second-order valence-electron chi connectivity index (χ2n) is 4.91. The fourth-order valence-electron chi connectivity index (χ4n) is 2.61. The molecule has 1 amide bonds. The molecule has 0 aromatic heterocycles. The maximum absolute atomic E-state index is 13.6. The van der Waals surface area contributed by atoms with E-state index in [0.29, 0.717) is 22.9 Å². The maximum Gasteiger partial charge on any atom is 0.255 e. The van der Waals surface area contributed by atoms with Crippen LogP contribution in [0.25, 0.3) is 0 Å². The van der Waals surface area contributed by atoms with Gasteiger partial charge in [-0.25, -0.2) is 4.39 Å². The summed E-state index contributed by atoms with van der Waals surface area (Å²) in [6, 6.07) is 4.55. The monoisotopic (exact) mass is 391 g/mol. The van der Waals surface area contributed by atoms with E-state index in [9.17, 15) is 9.18 Å². The minimum Gasteiger partial charge on any atom is -0.352 e. The van der Waals surface area contributed by atoms with Crippen LogP contribution in [0.15, 0.2) is 22.7 Å². The van der Waals surface area contributed by atoms with Crippen LogP contribution in [0, 0.1) is 17.7 Å². The van der Waals surface area contributed by atoms with Gasteiger partial charge in [-0.3, -0.25) is 4.79 Å². The predicted molar refractivity (Wildman–Crippen MR) is 81.1 cm³/mol. The van der Waals surface area contributed by atoms with E-state index in [2.05, 4.69) is 37.2 Å². The highest BCUT2D eigenvalue weighted by Gasteiger charge is 2.27. The van der Waals surface area contributed by atoms with Crippen LogP contribution in [0.4, 0.5) is 4.39 Å². The van der Waals surface area contributed by atoms with Crippen molar-refractivity contribution in [3.8, 4) is 0 Å². The SMILES string of the molecule is O=C(NCC1CCCC1CBr)c1c(F)cccc1Br. The van der Waals surface area contributed by atoms with Gasteiger partial charge in [0.05, 0.1) is 5.56 Å². The molecule has 2 atom stereocenters. The second kappa shape index (κ2) is 6.84. The van der Waals surface area contributed by atoms with Gasteiger partial charge in [0.15, 0.2) is 0 Å². The molecule has 0 aliphatic heterocycles. The van der Waals surface area contributed by atoms with Crippen LogP contribution in [0.3, 0.4) is 0 Å². The first kappa shape index (κ1) is 15.0. The molecule has 2 unspecified atom stereocenters. The van der Waals surface area contributed by atoms with Crippen LogP contribution in [0.2, 0.25) is 0 Å². The van der Waals surface area contributed by atoms with Gasteiger partial charge in [-0.2, -0.15) is 0 Å². The minimum absolute atomic E-state index is 0.0934. The molecule has 0 radical (unpaired) electrons. The molecule has 1 aromatic carbocycles. The number of benzene rings is 1. The van der Waals surface area contributed by atoms with E-state index in [1.807, 2.05) is 0 Å². The Balaban J connectivity index is 1.98. The summed E-state index contributed by atoms with van der Waals surface area (Å²) in [5, 5.41) is 3.83. The van der Waals surface area contributed by atoms with Gasteiger partial charge < -0.3 is 5.32 Å². The van der Waals surface area contributed by atoms with Crippen molar-refractivity contribution in [3.05, 3.63) is 34.1 Å². The first-order valence-corrected chi connectivity index (χ1v) is 8.33. The number of halogens is 3. The Morgan fingerprint density at radius 3 is 2.79 bits per heavy atom. The van der Waals surface area contributed by atoms with Gasteiger partial charge in [0.1, 0.15) is 5.82 Å². The molecule has 1 fully saturated rings. The lowest BCUT2D eigenvalue weighted by molar-refractivity contribution is 0.0940. The number of hydrogen-bond acceptors (Lipinski definition) is 1. The van der Waals surface area contributed by atoms with Gasteiger partial charge in [0, 0.05) is 16.3 Å². The third-order valence-corrected chi connectivity index (χ3v) is 5.22. The van der Waals surface area contributed by atoms with Crippen molar-refractivity contribution in [1.82, 2.24) is 5.32 Å². The van der Waals surface area contributed by atoms with Gasteiger partial charge in [0.2, 0.25) is 0 Å². The molecular weight excluding hydrogens is 377 g/mol. The third-order valence-electron chi connectivity index (χ3n) is 3.73. The summed E-state index contributed by atoms with van der Waals surface area (Å²) in [6.07, 6.45) is 3.55. The standard InChI is InChI=1S/C14H16Br2FNO/c15-7-9-3-1-4-10(9)8-18-14(19)13-11(16)5-2-6-12(13)17/h2,5-6,9-10H,1,3-4,7-8H2,(H,18,19). The lowest BCUT2D eigenvalue weighted by Crippen LogP contribution is -2.32. The second-order valence-corrected chi connectivity index (χ2v) is 6.41. The summed E-state index contributed by atoms with van der Waals surface area (Å²) in [6.45, 7) is 0.621. The van der Waals surface area contributed by atoms with E-state index in [0.717, 1.165) is 11.8 Å². The predicted octanol–water partition coefficient (Wildman–Crippen LogP) is 4.13. The van der Waals surface area contributed by atoms with Crippen LogP contribution < -0.4 is 5.32 Å². The zero-order chi connectivity index (χ0) is 13.8. The molecule has 2 rings (SSSR count). The lowest BCUT2D eigenvalue weighted by atomic mass is 9.98. The van der Waals surface area contributed by atoms with Crippen LogP contribution in [0.5, 0.6) is 0 Å². The Morgan fingerprint density at radius 2 is 2.11 bits per heavy atom. The molecule has 19 heavy (non-hydrogen) atoms. The molecule has 1 saturated carbocycles. The van der Waals surface area contributed by atoms with Crippen molar-refractivity contribution in [1.29, 1.82) is 0 Å². The van der Waals surface area contributed by atoms with E-state index in [1.54, 1.807) is 12.1 Å². The third kappa shape index (κ3) is 3.57. The number of carbonyl (C=O) groups is 1. The molecule has 1 N–H and O–H groups in total. The summed E-state index contributed by atoms with van der Waals surface area (Å²) < 4.78 is 14.1. The Kier molecular flexibility index (Phi) is 5.39. The highest BCUT2D eigenvalue weighted by Crippen LogP contribution is 2.32. The van der Waals surface area contributed by atoms with Crippen molar-refractivity contribution >= 4 is 37.8 Å². The van der Waals surface area contributed by atoms with Crippen molar-refractivity contribution in [2.45, 2.75) is 19.3 Å². The average Bonchev–Trinajstić information content (AvgIpc) is 2.83. The molecule has 104 valence electrons. The lowest BCUT2D eigenvalue weighted by Gasteiger charge is -2.18. The van der Waals surface area contributed by atoms with Crippen molar-refractivity contribution in [2.24, 2.45) is 11.8 Å². The Hall–Kier alpha value is -0.420. The first-order chi connectivity index (χ1) is 9.13. The molecule has 0 spiro atoms. The van der Waals surface area contributed by atoms with Gasteiger partial charge in [-0.15, -0.1) is 0 Å². The van der Waals surface area contributed by atoms with E-state index < -0.39 is 5.82 Å². The number of amides is 1. The fraction of sp³-hybridized carbons (Fsp3) is 0.500. The summed E-state index contributed by atoms with van der Waals surface area (Å²) >= 11 is 6.73. The molecular formula is C14H16Br2FNO. The summed E-state index contributed by atoms with van der Waals surface area (Å²) in [5.41, 5.74) is 0.0934. The maximum atomic E-state index is 13.6. The van der Waals surface area contributed by atoms with Crippen LogP contribution in [-0.2, 0) is 0 Å². The van der Waals surface area contributed by atoms with E-state index in [-0.39, 0.29) is 11.5 Å². The summed E-state index contributed by atoms with van der Waals surface area (Å²) in [5.74, 6) is 0.277. The zero-order valence-corrected chi connectivity index (χ0v) is 13.6. The fourth-order valence-corrected chi connectivity index (χ4v) is 3.99. The normalized spacial score (nSPS) is 22.5. The quantitative estimate of drug-likeness (QED) is 0.767. The van der Waals surface area contributed by atoms with Gasteiger partial charge in [-0.05, 0) is 52.7 Å². The van der Waals surface area contributed by atoms with E-state index in [1.165, 1.54) is 18.9 Å².